The van der Waals surface area contributed by atoms with Gasteiger partial charge in [0, 0.05) is 6.08 Å². The van der Waals surface area contributed by atoms with Crippen molar-refractivity contribution in [3.05, 3.63) is 65.3 Å². The molecule has 0 aliphatic carbocycles. The Labute approximate surface area is 131 Å². The molecule has 1 heterocycles. The molecule has 0 saturated carbocycles. The summed E-state index contributed by atoms with van der Waals surface area (Å²) < 4.78 is 43.2. The Morgan fingerprint density at radius 1 is 1.22 bits per heavy atom. The fourth-order valence-electron chi connectivity index (χ4n) is 2.23. The standard InChI is InChI=1S/C17H15F3O3/c18-17(19,20)14-6-4-12(5-7-14)15(2-1-3-16(21)22)13-8-10-23-11-9-13/h1-8H,9-11H2,(H,21,22). The van der Waals surface area contributed by atoms with Gasteiger partial charge in [-0.1, -0.05) is 30.4 Å². The van der Waals surface area contributed by atoms with E-state index in [0.717, 1.165) is 23.8 Å². The molecule has 6 heteroatoms. The van der Waals surface area contributed by atoms with Crippen LogP contribution in [-0.4, -0.2) is 24.3 Å². The summed E-state index contributed by atoms with van der Waals surface area (Å²) in [7, 11) is 0. The van der Waals surface area contributed by atoms with Crippen molar-refractivity contribution in [2.75, 3.05) is 13.2 Å². The van der Waals surface area contributed by atoms with Crippen molar-refractivity contribution >= 4 is 11.5 Å². The van der Waals surface area contributed by atoms with Crippen molar-refractivity contribution in [1.29, 1.82) is 0 Å². The number of allylic oxidation sites excluding steroid dienone is 3. The Hall–Kier alpha value is -2.34. The zero-order valence-electron chi connectivity index (χ0n) is 12.1. The number of rotatable bonds is 4. The van der Waals surface area contributed by atoms with E-state index in [2.05, 4.69) is 0 Å². The zero-order chi connectivity index (χ0) is 16.9. The second-order valence-electron chi connectivity index (χ2n) is 4.91. The van der Waals surface area contributed by atoms with Crippen LogP contribution in [0, 0.1) is 0 Å². The lowest BCUT2D eigenvalue weighted by atomic mass is 9.93. The first-order valence-electron chi connectivity index (χ1n) is 6.94. The van der Waals surface area contributed by atoms with E-state index in [1.165, 1.54) is 18.2 Å². The van der Waals surface area contributed by atoms with Crippen molar-refractivity contribution in [2.45, 2.75) is 12.6 Å². The highest BCUT2D eigenvalue weighted by atomic mass is 19.4. The van der Waals surface area contributed by atoms with Crippen molar-refractivity contribution in [2.24, 2.45) is 0 Å². The molecule has 0 fully saturated rings. The van der Waals surface area contributed by atoms with Gasteiger partial charge in [0.05, 0.1) is 18.8 Å². The first-order valence-corrected chi connectivity index (χ1v) is 6.94. The van der Waals surface area contributed by atoms with E-state index >= 15 is 0 Å². The fraction of sp³-hybridized carbons (Fsp3) is 0.235. The second kappa shape index (κ2) is 7.28. The molecule has 0 radical (unpaired) electrons. The minimum atomic E-state index is -4.39. The summed E-state index contributed by atoms with van der Waals surface area (Å²) in [4.78, 5) is 10.6. The first-order chi connectivity index (χ1) is 10.9. The molecule has 122 valence electrons. The molecule has 0 aromatic heterocycles. The lowest BCUT2D eigenvalue weighted by Crippen LogP contribution is -2.07. The molecule has 0 bridgehead atoms. The van der Waals surface area contributed by atoms with Crippen molar-refractivity contribution in [3.8, 4) is 0 Å². The van der Waals surface area contributed by atoms with E-state index in [1.54, 1.807) is 6.08 Å². The predicted octanol–water partition coefficient (Wildman–Crippen LogP) is 4.08. The van der Waals surface area contributed by atoms with E-state index in [-0.39, 0.29) is 0 Å². The van der Waals surface area contributed by atoms with Crippen LogP contribution in [0.25, 0.3) is 5.57 Å². The van der Waals surface area contributed by atoms with E-state index in [9.17, 15) is 18.0 Å². The maximum Gasteiger partial charge on any atom is 0.416 e. The highest BCUT2D eigenvalue weighted by Gasteiger charge is 2.30. The molecule has 1 aromatic rings. The minimum Gasteiger partial charge on any atom is -0.478 e. The average Bonchev–Trinajstić information content (AvgIpc) is 2.51. The van der Waals surface area contributed by atoms with Crippen molar-refractivity contribution in [3.63, 3.8) is 0 Å². The molecule has 2 rings (SSSR count). The lowest BCUT2D eigenvalue weighted by Gasteiger charge is -2.17. The maximum atomic E-state index is 12.6. The minimum absolute atomic E-state index is 0.427. The van der Waals surface area contributed by atoms with Gasteiger partial charge < -0.3 is 9.84 Å². The Bertz CT molecular complexity index is 653. The molecule has 1 N–H and O–H groups in total. The maximum absolute atomic E-state index is 12.6. The van der Waals surface area contributed by atoms with Gasteiger partial charge >= 0.3 is 12.1 Å². The molecule has 0 atom stereocenters. The van der Waals surface area contributed by atoms with Crippen LogP contribution in [0.1, 0.15) is 17.5 Å². The van der Waals surface area contributed by atoms with Crippen LogP contribution in [0.3, 0.4) is 0 Å². The highest BCUT2D eigenvalue weighted by molar-refractivity contribution is 5.83. The Kier molecular flexibility index (Phi) is 5.39. The molecule has 23 heavy (non-hydrogen) atoms. The van der Waals surface area contributed by atoms with Crippen LogP contribution in [0.5, 0.6) is 0 Å². The summed E-state index contributed by atoms with van der Waals surface area (Å²) in [6.45, 7) is 0.947. The number of carboxylic acids is 1. The largest absolute Gasteiger partial charge is 0.478 e. The zero-order valence-corrected chi connectivity index (χ0v) is 12.1. The second-order valence-corrected chi connectivity index (χ2v) is 4.91. The van der Waals surface area contributed by atoms with E-state index in [1.807, 2.05) is 6.08 Å². The van der Waals surface area contributed by atoms with Gasteiger partial charge in [0.25, 0.3) is 0 Å². The van der Waals surface area contributed by atoms with E-state index < -0.39 is 17.7 Å². The number of hydrogen-bond donors (Lipinski definition) is 1. The Morgan fingerprint density at radius 2 is 1.91 bits per heavy atom. The van der Waals surface area contributed by atoms with Crippen LogP contribution >= 0.6 is 0 Å². The quantitative estimate of drug-likeness (QED) is 0.671. The molecule has 1 aliphatic heterocycles. The third-order valence-electron chi connectivity index (χ3n) is 3.33. The number of carboxylic acid groups (broad SMARTS) is 1. The van der Waals surface area contributed by atoms with Gasteiger partial charge in [-0.2, -0.15) is 13.2 Å². The average molecular weight is 324 g/mol. The molecular weight excluding hydrogens is 309 g/mol. The topological polar surface area (TPSA) is 46.5 Å². The number of halogens is 3. The van der Waals surface area contributed by atoms with Gasteiger partial charge in [-0.3, -0.25) is 0 Å². The molecule has 0 amide bonds. The fourth-order valence-corrected chi connectivity index (χ4v) is 2.23. The van der Waals surface area contributed by atoms with E-state index in [4.69, 9.17) is 9.84 Å². The molecular formula is C17H15F3O3. The van der Waals surface area contributed by atoms with Crippen LogP contribution in [0.4, 0.5) is 13.2 Å². The van der Waals surface area contributed by atoms with E-state index in [0.29, 0.717) is 30.8 Å². The van der Waals surface area contributed by atoms with Gasteiger partial charge in [0.2, 0.25) is 0 Å². The van der Waals surface area contributed by atoms with Gasteiger partial charge in [-0.15, -0.1) is 0 Å². The Balaban J connectivity index is 2.37. The monoisotopic (exact) mass is 324 g/mol. The molecule has 0 unspecified atom stereocenters. The normalized spacial score (nSPS) is 16.5. The summed E-state index contributed by atoms with van der Waals surface area (Å²) in [5.41, 5.74) is 1.49. The molecule has 1 aliphatic rings. The van der Waals surface area contributed by atoms with Crippen LogP contribution in [-0.2, 0) is 15.7 Å². The summed E-state index contributed by atoms with van der Waals surface area (Å²) >= 11 is 0. The number of hydrogen-bond acceptors (Lipinski definition) is 2. The van der Waals surface area contributed by atoms with Gasteiger partial charge in [0.1, 0.15) is 0 Å². The van der Waals surface area contributed by atoms with Gasteiger partial charge in [-0.05, 0) is 35.3 Å². The van der Waals surface area contributed by atoms with Gasteiger partial charge in [-0.25, -0.2) is 4.79 Å². The summed E-state index contributed by atoms with van der Waals surface area (Å²) in [6, 6.07) is 4.81. The first kappa shape index (κ1) is 17.0. The third-order valence-corrected chi connectivity index (χ3v) is 3.33. The van der Waals surface area contributed by atoms with Crippen molar-refractivity contribution in [1.82, 2.24) is 0 Å². The van der Waals surface area contributed by atoms with Crippen LogP contribution in [0.2, 0.25) is 0 Å². The number of alkyl halides is 3. The van der Waals surface area contributed by atoms with Crippen LogP contribution in [0.15, 0.2) is 54.1 Å². The molecule has 0 spiro atoms. The van der Waals surface area contributed by atoms with Crippen LogP contribution < -0.4 is 0 Å². The summed E-state index contributed by atoms with van der Waals surface area (Å²) in [5.74, 6) is -1.09. The predicted molar refractivity (Wildman–Crippen MR) is 79.7 cm³/mol. The third kappa shape index (κ3) is 4.82. The van der Waals surface area contributed by atoms with Gasteiger partial charge in [0.15, 0.2) is 0 Å². The smallest absolute Gasteiger partial charge is 0.416 e. The van der Waals surface area contributed by atoms with Crippen molar-refractivity contribution < 1.29 is 27.8 Å². The molecule has 1 aromatic carbocycles. The number of aliphatic carboxylic acids is 1. The molecule has 0 saturated heterocycles. The summed E-state index contributed by atoms with van der Waals surface area (Å²) in [6.07, 6.45) is 2.02. The number of benzene rings is 1. The summed E-state index contributed by atoms with van der Waals surface area (Å²) in [5, 5.41) is 8.66. The Morgan fingerprint density at radius 3 is 2.43 bits per heavy atom. The number of ether oxygens (including phenoxy) is 1. The number of carbonyl (C=O) groups is 1. The molecule has 3 nitrogen and oxygen atoms in total. The highest BCUT2D eigenvalue weighted by Crippen LogP contribution is 2.32. The SMILES string of the molecule is O=C(O)C=CC=C(C1=CCOCC1)c1ccc(C(F)(F)F)cc1. The lowest BCUT2D eigenvalue weighted by molar-refractivity contribution is -0.137.